The summed E-state index contributed by atoms with van der Waals surface area (Å²) in [5.41, 5.74) is 7.34. The van der Waals surface area contributed by atoms with Gasteiger partial charge in [-0.05, 0) is 31.5 Å². The van der Waals surface area contributed by atoms with E-state index in [1.54, 1.807) is 0 Å². The molecule has 1 unspecified atom stereocenters. The van der Waals surface area contributed by atoms with E-state index in [0.29, 0.717) is 6.54 Å². The lowest BCUT2D eigenvalue weighted by Crippen LogP contribution is -2.36. The van der Waals surface area contributed by atoms with Gasteiger partial charge in [-0.25, -0.2) is 4.79 Å². The smallest absolute Gasteiger partial charge is 0.315 e. The number of hydrogen-bond acceptors (Lipinski definition) is 2. The lowest BCUT2D eigenvalue weighted by atomic mass is 10.1. The summed E-state index contributed by atoms with van der Waals surface area (Å²) in [4.78, 5) is 11.2. The van der Waals surface area contributed by atoms with E-state index in [1.807, 2.05) is 38.1 Å². The summed E-state index contributed by atoms with van der Waals surface area (Å²) in [5.74, 6) is 0. The van der Waals surface area contributed by atoms with Crippen LogP contribution >= 0.6 is 0 Å². The summed E-state index contributed by atoms with van der Waals surface area (Å²) in [7, 11) is 0. The molecule has 1 aromatic carbocycles. The van der Waals surface area contributed by atoms with Crippen LogP contribution < -0.4 is 16.4 Å². The molecule has 0 aliphatic rings. The topological polar surface area (TPSA) is 67.2 Å². The van der Waals surface area contributed by atoms with E-state index in [0.717, 1.165) is 11.3 Å². The van der Waals surface area contributed by atoms with Crippen molar-refractivity contribution >= 4 is 11.7 Å². The van der Waals surface area contributed by atoms with Gasteiger partial charge in [0.2, 0.25) is 0 Å². The Hall–Kier alpha value is -1.71. The molecule has 4 nitrogen and oxygen atoms in total. The number of nitrogens with two attached hydrogens (primary N) is 1. The predicted molar refractivity (Wildman–Crippen MR) is 61.5 cm³/mol. The first kappa shape index (κ1) is 11.4. The SMILES string of the molecule is CCNC(=O)NC(C)c1ccc(N)cc1. The van der Waals surface area contributed by atoms with E-state index in [4.69, 9.17) is 5.73 Å². The Kier molecular flexibility index (Phi) is 3.97. The number of amides is 2. The van der Waals surface area contributed by atoms with Crippen LogP contribution in [0.25, 0.3) is 0 Å². The summed E-state index contributed by atoms with van der Waals surface area (Å²) in [5, 5.41) is 5.51. The third-order valence-electron chi connectivity index (χ3n) is 2.12. The standard InChI is InChI=1S/C11H17N3O/c1-3-13-11(15)14-8(2)9-4-6-10(12)7-5-9/h4-8H,3,12H2,1-2H3,(H2,13,14,15). The number of benzene rings is 1. The second-order valence-corrected chi connectivity index (χ2v) is 3.39. The zero-order chi connectivity index (χ0) is 11.3. The van der Waals surface area contributed by atoms with Gasteiger partial charge < -0.3 is 16.4 Å². The molecule has 0 radical (unpaired) electrons. The fourth-order valence-electron chi connectivity index (χ4n) is 1.28. The molecule has 0 aliphatic carbocycles. The highest BCUT2D eigenvalue weighted by molar-refractivity contribution is 5.74. The number of anilines is 1. The second kappa shape index (κ2) is 5.24. The van der Waals surface area contributed by atoms with E-state index in [2.05, 4.69) is 10.6 Å². The van der Waals surface area contributed by atoms with E-state index in [-0.39, 0.29) is 12.1 Å². The number of carbonyl (C=O) groups excluding carboxylic acids is 1. The van der Waals surface area contributed by atoms with Gasteiger partial charge in [-0.15, -0.1) is 0 Å². The van der Waals surface area contributed by atoms with Gasteiger partial charge in [-0.1, -0.05) is 12.1 Å². The van der Waals surface area contributed by atoms with Crippen molar-refractivity contribution in [2.75, 3.05) is 12.3 Å². The van der Waals surface area contributed by atoms with Crippen molar-refractivity contribution in [1.82, 2.24) is 10.6 Å². The molecule has 0 saturated heterocycles. The molecule has 4 heteroatoms. The first-order valence-electron chi connectivity index (χ1n) is 5.03. The van der Waals surface area contributed by atoms with Crippen LogP contribution in [-0.4, -0.2) is 12.6 Å². The molecule has 1 aromatic rings. The van der Waals surface area contributed by atoms with E-state index in [1.165, 1.54) is 0 Å². The average Bonchev–Trinajstić information content (AvgIpc) is 2.18. The van der Waals surface area contributed by atoms with Crippen molar-refractivity contribution in [3.05, 3.63) is 29.8 Å². The van der Waals surface area contributed by atoms with Crippen molar-refractivity contribution in [1.29, 1.82) is 0 Å². The van der Waals surface area contributed by atoms with Gasteiger partial charge >= 0.3 is 6.03 Å². The van der Waals surface area contributed by atoms with Crippen molar-refractivity contribution in [2.45, 2.75) is 19.9 Å². The van der Waals surface area contributed by atoms with E-state index < -0.39 is 0 Å². The Bertz CT molecular complexity index is 321. The molecular weight excluding hydrogens is 190 g/mol. The monoisotopic (exact) mass is 207 g/mol. The molecule has 1 atom stereocenters. The van der Waals surface area contributed by atoms with Crippen LogP contribution in [0.1, 0.15) is 25.5 Å². The van der Waals surface area contributed by atoms with Crippen molar-refractivity contribution < 1.29 is 4.79 Å². The van der Waals surface area contributed by atoms with E-state index >= 15 is 0 Å². The van der Waals surface area contributed by atoms with Crippen LogP contribution in [0.2, 0.25) is 0 Å². The Morgan fingerprint density at radius 1 is 1.40 bits per heavy atom. The molecule has 0 spiro atoms. The molecule has 0 fully saturated rings. The predicted octanol–water partition coefficient (Wildman–Crippen LogP) is 1.65. The second-order valence-electron chi connectivity index (χ2n) is 3.39. The fourth-order valence-corrected chi connectivity index (χ4v) is 1.28. The molecule has 0 aliphatic heterocycles. The van der Waals surface area contributed by atoms with Gasteiger partial charge in [0.25, 0.3) is 0 Å². The van der Waals surface area contributed by atoms with Gasteiger partial charge in [-0.3, -0.25) is 0 Å². The molecular formula is C11H17N3O. The van der Waals surface area contributed by atoms with Crippen LogP contribution in [-0.2, 0) is 0 Å². The van der Waals surface area contributed by atoms with Crippen molar-refractivity contribution in [2.24, 2.45) is 0 Å². The highest BCUT2D eigenvalue weighted by Crippen LogP contribution is 2.13. The summed E-state index contributed by atoms with van der Waals surface area (Å²) in [6, 6.07) is 7.30. The van der Waals surface area contributed by atoms with Gasteiger partial charge in [0.1, 0.15) is 0 Å². The van der Waals surface area contributed by atoms with Crippen molar-refractivity contribution in [3.63, 3.8) is 0 Å². The first-order valence-corrected chi connectivity index (χ1v) is 5.03. The molecule has 82 valence electrons. The van der Waals surface area contributed by atoms with Crippen LogP contribution in [0.4, 0.5) is 10.5 Å². The number of hydrogen-bond donors (Lipinski definition) is 3. The third kappa shape index (κ3) is 3.50. The Morgan fingerprint density at radius 3 is 2.53 bits per heavy atom. The first-order chi connectivity index (χ1) is 7.13. The van der Waals surface area contributed by atoms with E-state index in [9.17, 15) is 4.79 Å². The number of nitrogen functional groups attached to an aromatic ring is 1. The van der Waals surface area contributed by atoms with Crippen LogP contribution in [0, 0.1) is 0 Å². The van der Waals surface area contributed by atoms with Crippen LogP contribution in [0.3, 0.4) is 0 Å². The molecule has 2 amide bonds. The Labute approximate surface area is 89.9 Å². The van der Waals surface area contributed by atoms with Crippen molar-refractivity contribution in [3.8, 4) is 0 Å². The molecule has 1 rings (SSSR count). The molecule has 0 bridgehead atoms. The molecule has 0 saturated carbocycles. The Balaban J connectivity index is 2.57. The minimum atomic E-state index is -0.151. The average molecular weight is 207 g/mol. The lowest BCUT2D eigenvalue weighted by Gasteiger charge is -2.14. The number of nitrogens with one attached hydrogen (secondary N) is 2. The minimum Gasteiger partial charge on any atom is -0.399 e. The maximum absolute atomic E-state index is 11.2. The molecule has 4 N–H and O–H groups in total. The summed E-state index contributed by atoms with van der Waals surface area (Å²) in [6.07, 6.45) is 0. The maximum atomic E-state index is 11.2. The minimum absolute atomic E-state index is 0.0165. The zero-order valence-electron chi connectivity index (χ0n) is 9.08. The number of carbonyl (C=O) groups is 1. The quantitative estimate of drug-likeness (QED) is 0.660. The largest absolute Gasteiger partial charge is 0.399 e. The maximum Gasteiger partial charge on any atom is 0.315 e. The van der Waals surface area contributed by atoms with Gasteiger partial charge in [0.15, 0.2) is 0 Å². The zero-order valence-corrected chi connectivity index (χ0v) is 9.08. The highest BCUT2D eigenvalue weighted by atomic mass is 16.2. The third-order valence-corrected chi connectivity index (χ3v) is 2.12. The molecule has 15 heavy (non-hydrogen) atoms. The number of urea groups is 1. The van der Waals surface area contributed by atoms with Gasteiger partial charge in [-0.2, -0.15) is 0 Å². The normalized spacial score (nSPS) is 11.9. The van der Waals surface area contributed by atoms with Crippen LogP contribution in [0.15, 0.2) is 24.3 Å². The molecule has 0 heterocycles. The summed E-state index contributed by atoms with van der Waals surface area (Å²) < 4.78 is 0. The van der Waals surface area contributed by atoms with Gasteiger partial charge in [0.05, 0.1) is 6.04 Å². The highest BCUT2D eigenvalue weighted by Gasteiger charge is 2.07. The lowest BCUT2D eigenvalue weighted by molar-refractivity contribution is 0.238. The Morgan fingerprint density at radius 2 is 2.00 bits per heavy atom. The summed E-state index contributed by atoms with van der Waals surface area (Å²) in [6.45, 7) is 4.44. The van der Waals surface area contributed by atoms with Crippen LogP contribution in [0.5, 0.6) is 0 Å². The number of rotatable bonds is 3. The van der Waals surface area contributed by atoms with Gasteiger partial charge in [0, 0.05) is 12.2 Å². The molecule has 0 aromatic heterocycles. The fraction of sp³-hybridized carbons (Fsp3) is 0.364. The summed E-state index contributed by atoms with van der Waals surface area (Å²) >= 11 is 0.